The lowest BCUT2D eigenvalue weighted by atomic mass is 9.75. The van der Waals surface area contributed by atoms with E-state index in [1.807, 2.05) is 7.05 Å². The number of carbonyl (C=O) groups excluding carboxylic acids is 1. The molecule has 0 bridgehead atoms. The second-order valence-electron chi connectivity index (χ2n) is 6.93. The van der Waals surface area contributed by atoms with Crippen molar-refractivity contribution in [1.82, 2.24) is 9.80 Å². The van der Waals surface area contributed by atoms with Gasteiger partial charge in [0.2, 0.25) is 0 Å². The fourth-order valence-corrected chi connectivity index (χ4v) is 3.12. The summed E-state index contributed by atoms with van der Waals surface area (Å²) in [6.07, 6.45) is 3.37. The van der Waals surface area contributed by atoms with Crippen molar-refractivity contribution < 1.29 is 19.4 Å². The summed E-state index contributed by atoms with van der Waals surface area (Å²) in [6, 6.07) is 0.186. The third-order valence-corrected chi connectivity index (χ3v) is 4.77. The Bertz CT molecular complexity index is 400. The van der Waals surface area contributed by atoms with Gasteiger partial charge in [0.1, 0.15) is 0 Å². The molecule has 1 unspecified atom stereocenters. The van der Waals surface area contributed by atoms with E-state index in [1.54, 1.807) is 9.80 Å². The predicted molar refractivity (Wildman–Crippen MR) is 78.1 cm³/mol. The first-order valence-electron chi connectivity index (χ1n) is 7.66. The molecule has 0 aromatic heterocycles. The number of urea groups is 1. The molecule has 0 aromatic carbocycles. The van der Waals surface area contributed by atoms with Gasteiger partial charge in [0.05, 0.1) is 13.2 Å². The molecule has 1 saturated heterocycles. The van der Waals surface area contributed by atoms with Crippen LogP contribution in [0.25, 0.3) is 0 Å². The Hall–Kier alpha value is -1.30. The van der Waals surface area contributed by atoms with Gasteiger partial charge in [0.15, 0.2) is 6.10 Å². The van der Waals surface area contributed by atoms with Gasteiger partial charge in [0, 0.05) is 19.6 Å². The third-order valence-electron chi connectivity index (χ3n) is 4.77. The van der Waals surface area contributed by atoms with Crippen LogP contribution in [-0.2, 0) is 9.53 Å². The van der Waals surface area contributed by atoms with Crippen molar-refractivity contribution in [2.24, 2.45) is 5.41 Å². The van der Waals surface area contributed by atoms with Crippen LogP contribution in [-0.4, -0.2) is 65.8 Å². The summed E-state index contributed by atoms with van der Waals surface area (Å²) >= 11 is 0. The fourth-order valence-electron chi connectivity index (χ4n) is 3.12. The number of amides is 2. The molecule has 1 aliphatic carbocycles. The molecule has 2 amide bonds. The van der Waals surface area contributed by atoms with Crippen molar-refractivity contribution in [3.63, 3.8) is 0 Å². The van der Waals surface area contributed by atoms with Crippen molar-refractivity contribution >= 4 is 12.0 Å². The molecule has 0 radical (unpaired) electrons. The van der Waals surface area contributed by atoms with Crippen LogP contribution < -0.4 is 0 Å². The molecular weight excluding hydrogens is 272 g/mol. The van der Waals surface area contributed by atoms with Crippen LogP contribution in [0.4, 0.5) is 4.79 Å². The molecule has 2 rings (SSSR count). The largest absolute Gasteiger partial charge is 0.479 e. The van der Waals surface area contributed by atoms with Crippen molar-refractivity contribution in [3.8, 4) is 0 Å². The van der Waals surface area contributed by atoms with Crippen molar-refractivity contribution in [1.29, 1.82) is 0 Å². The smallest absolute Gasteiger partial charge is 0.334 e. The van der Waals surface area contributed by atoms with Crippen LogP contribution in [0.15, 0.2) is 0 Å². The highest BCUT2D eigenvalue weighted by molar-refractivity contribution is 5.77. The van der Waals surface area contributed by atoms with Crippen molar-refractivity contribution in [2.45, 2.75) is 51.7 Å². The van der Waals surface area contributed by atoms with Gasteiger partial charge in [-0.1, -0.05) is 13.8 Å². The molecule has 120 valence electrons. The molecule has 1 heterocycles. The molecule has 6 nitrogen and oxygen atoms in total. The van der Waals surface area contributed by atoms with E-state index >= 15 is 0 Å². The lowest BCUT2D eigenvalue weighted by Crippen LogP contribution is -2.54. The van der Waals surface area contributed by atoms with Gasteiger partial charge in [-0.05, 0) is 31.1 Å². The van der Waals surface area contributed by atoms with E-state index in [9.17, 15) is 9.59 Å². The molecule has 0 spiro atoms. The van der Waals surface area contributed by atoms with Crippen LogP contribution in [0.3, 0.4) is 0 Å². The van der Waals surface area contributed by atoms with Crippen LogP contribution >= 0.6 is 0 Å². The zero-order valence-corrected chi connectivity index (χ0v) is 13.2. The van der Waals surface area contributed by atoms with E-state index in [2.05, 4.69) is 13.8 Å². The van der Waals surface area contributed by atoms with Gasteiger partial charge < -0.3 is 19.6 Å². The maximum atomic E-state index is 12.5. The summed E-state index contributed by atoms with van der Waals surface area (Å²) in [7, 11) is 1.83. The summed E-state index contributed by atoms with van der Waals surface area (Å²) in [4.78, 5) is 26.9. The second kappa shape index (κ2) is 6.22. The minimum Gasteiger partial charge on any atom is -0.479 e. The summed E-state index contributed by atoms with van der Waals surface area (Å²) < 4.78 is 5.16. The molecule has 1 aliphatic heterocycles. The molecule has 6 heteroatoms. The summed E-state index contributed by atoms with van der Waals surface area (Å²) in [5, 5.41) is 9.01. The van der Waals surface area contributed by atoms with E-state index in [-0.39, 0.29) is 25.2 Å². The third kappa shape index (κ3) is 3.87. The Labute approximate surface area is 126 Å². The number of nitrogens with zero attached hydrogens (tertiary/aromatic N) is 2. The summed E-state index contributed by atoms with van der Waals surface area (Å²) in [5.74, 6) is -1.01. The van der Waals surface area contributed by atoms with Crippen molar-refractivity contribution in [3.05, 3.63) is 0 Å². The first kappa shape index (κ1) is 16.1. The minimum atomic E-state index is -1.01. The molecular formula is C15H26N2O4. The van der Waals surface area contributed by atoms with Gasteiger partial charge in [-0.3, -0.25) is 0 Å². The fraction of sp³-hybridized carbons (Fsp3) is 0.867. The minimum absolute atomic E-state index is 0.0748. The van der Waals surface area contributed by atoms with E-state index < -0.39 is 12.1 Å². The van der Waals surface area contributed by atoms with E-state index in [0.717, 1.165) is 25.7 Å². The Morgan fingerprint density at radius 3 is 2.48 bits per heavy atom. The number of hydrogen-bond donors (Lipinski definition) is 1. The van der Waals surface area contributed by atoms with Crippen LogP contribution in [0.1, 0.15) is 39.5 Å². The molecule has 0 aromatic rings. The van der Waals surface area contributed by atoms with Gasteiger partial charge in [-0.2, -0.15) is 0 Å². The predicted octanol–water partition coefficient (Wildman–Crippen LogP) is 1.79. The first-order valence-corrected chi connectivity index (χ1v) is 7.66. The number of carboxylic acids is 1. The lowest BCUT2D eigenvalue weighted by molar-refractivity contribution is -0.154. The highest BCUT2D eigenvalue weighted by Crippen LogP contribution is 2.36. The summed E-state index contributed by atoms with van der Waals surface area (Å²) in [5.41, 5.74) is 0.369. The average molecular weight is 298 g/mol. The maximum absolute atomic E-state index is 12.5. The molecule has 1 saturated carbocycles. The number of ether oxygens (including phenoxy) is 1. The highest BCUT2D eigenvalue weighted by Gasteiger charge is 2.34. The van der Waals surface area contributed by atoms with Gasteiger partial charge in [0.25, 0.3) is 0 Å². The Balaban J connectivity index is 1.91. The highest BCUT2D eigenvalue weighted by atomic mass is 16.5. The number of aliphatic carboxylic acids is 1. The zero-order valence-electron chi connectivity index (χ0n) is 13.2. The summed E-state index contributed by atoms with van der Waals surface area (Å²) in [6.45, 7) is 5.42. The SMILES string of the molecule is CN(C(=O)N1CCOC(C(=O)O)C1)C1CCC(C)(C)CC1. The van der Waals surface area contributed by atoms with Crippen molar-refractivity contribution in [2.75, 3.05) is 26.7 Å². The van der Waals surface area contributed by atoms with E-state index in [0.29, 0.717) is 12.0 Å². The van der Waals surface area contributed by atoms with Crippen LogP contribution in [0.5, 0.6) is 0 Å². The standard InChI is InChI=1S/C15H26N2O4/c1-15(2)6-4-11(5-7-15)16(3)14(20)17-8-9-21-12(10-17)13(18)19/h11-12H,4-10H2,1-3H3,(H,18,19). The Morgan fingerprint density at radius 1 is 1.29 bits per heavy atom. The Morgan fingerprint density at radius 2 is 1.90 bits per heavy atom. The van der Waals surface area contributed by atoms with Gasteiger partial charge >= 0.3 is 12.0 Å². The number of carboxylic acid groups (broad SMARTS) is 1. The van der Waals surface area contributed by atoms with E-state index in [4.69, 9.17) is 9.84 Å². The normalized spacial score (nSPS) is 26.4. The molecule has 2 aliphatic rings. The molecule has 2 fully saturated rings. The lowest BCUT2D eigenvalue weighted by Gasteiger charge is -2.41. The molecule has 21 heavy (non-hydrogen) atoms. The monoisotopic (exact) mass is 298 g/mol. The zero-order chi connectivity index (χ0) is 15.6. The van der Waals surface area contributed by atoms with Crippen LogP contribution in [0, 0.1) is 5.41 Å². The molecule has 1 atom stereocenters. The van der Waals surface area contributed by atoms with Crippen LogP contribution in [0.2, 0.25) is 0 Å². The van der Waals surface area contributed by atoms with E-state index in [1.165, 1.54) is 0 Å². The number of morpholine rings is 1. The number of rotatable bonds is 2. The second-order valence-corrected chi connectivity index (χ2v) is 6.93. The van der Waals surface area contributed by atoms with Gasteiger partial charge in [-0.25, -0.2) is 9.59 Å². The number of hydrogen-bond acceptors (Lipinski definition) is 3. The average Bonchev–Trinajstić information content (AvgIpc) is 2.46. The van der Waals surface area contributed by atoms with Gasteiger partial charge in [-0.15, -0.1) is 0 Å². The maximum Gasteiger partial charge on any atom is 0.334 e. The quantitative estimate of drug-likeness (QED) is 0.844. The topological polar surface area (TPSA) is 70.1 Å². The molecule has 1 N–H and O–H groups in total. The Kier molecular flexibility index (Phi) is 4.76. The first-order chi connectivity index (χ1) is 9.80. The number of carbonyl (C=O) groups is 2.